The number of rotatable bonds is 6. The lowest BCUT2D eigenvalue weighted by molar-refractivity contribution is 0.0630. The largest absolute Gasteiger partial charge is 0.378 e. The first-order valence-corrected chi connectivity index (χ1v) is 7.33. The molecule has 0 radical (unpaired) electrons. The smallest absolute Gasteiger partial charge is 0.159 e. The SMILES string of the molecule is CCCNCC1(Cc2ccc(F)c(F)c2)CCOC1C. The average Bonchev–Trinajstić information content (AvgIpc) is 2.76. The highest BCUT2D eigenvalue weighted by molar-refractivity contribution is 5.20. The van der Waals surface area contributed by atoms with Crippen molar-refractivity contribution in [2.24, 2.45) is 5.41 Å². The van der Waals surface area contributed by atoms with E-state index in [9.17, 15) is 8.78 Å². The van der Waals surface area contributed by atoms with Crippen molar-refractivity contribution in [3.8, 4) is 0 Å². The van der Waals surface area contributed by atoms with Crippen LogP contribution in [0.25, 0.3) is 0 Å². The summed E-state index contributed by atoms with van der Waals surface area (Å²) in [6, 6.07) is 4.19. The van der Waals surface area contributed by atoms with Crippen LogP contribution in [0.2, 0.25) is 0 Å². The van der Waals surface area contributed by atoms with Crippen LogP contribution in [0, 0.1) is 17.0 Å². The lowest BCUT2D eigenvalue weighted by Crippen LogP contribution is -2.41. The Kier molecular flexibility index (Phi) is 5.11. The molecule has 20 heavy (non-hydrogen) atoms. The summed E-state index contributed by atoms with van der Waals surface area (Å²) in [5.41, 5.74) is 0.805. The van der Waals surface area contributed by atoms with Crippen LogP contribution in [0.5, 0.6) is 0 Å². The lowest BCUT2D eigenvalue weighted by Gasteiger charge is -2.33. The molecule has 1 saturated heterocycles. The van der Waals surface area contributed by atoms with E-state index in [1.165, 1.54) is 12.1 Å². The zero-order valence-electron chi connectivity index (χ0n) is 12.2. The summed E-state index contributed by atoms with van der Waals surface area (Å²) in [4.78, 5) is 0. The van der Waals surface area contributed by atoms with Crippen molar-refractivity contribution < 1.29 is 13.5 Å². The second kappa shape index (κ2) is 6.64. The molecule has 0 aliphatic carbocycles. The highest BCUT2D eigenvalue weighted by Crippen LogP contribution is 2.38. The molecule has 0 saturated carbocycles. The fraction of sp³-hybridized carbons (Fsp3) is 0.625. The molecule has 1 heterocycles. The van der Waals surface area contributed by atoms with Crippen molar-refractivity contribution in [2.75, 3.05) is 19.7 Å². The first-order valence-electron chi connectivity index (χ1n) is 7.33. The van der Waals surface area contributed by atoms with Crippen LogP contribution in [-0.2, 0) is 11.2 Å². The minimum Gasteiger partial charge on any atom is -0.378 e. The predicted octanol–water partition coefficient (Wildman–Crippen LogP) is 3.30. The van der Waals surface area contributed by atoms with E-state index in [-0.39, 0.29) is 11.5 Å². The number of ether oxygens (including phenoxy) is 1. The molecule has 0 aromatic heterocycles. The maximum absolute atomic E-state index is 13.4. The Labute approximate surface area is 119 Å². The number of hydrogen-bond donors (Lipinski definition) is 1. The summed E-state index contributed by atoms with van der Waals surface area (Å²) < 4.78 is 32.1. The zero-order valence-corrected chi connectivity index (χ0v) is 12.2. The third kappa shape index (κ3) is 3.36. The fourth-order valence-corrected chi connectivity index (χ4v) is 2.92. The van der Waals surface area contributed by atoms with Gasteiger partial charge in [-0.3, -0.25) is 0 Å². The van der Waals surface area contributed by atoms with Crippen LogP contribution >= 0.6 is 0 Å². The number of halogens is 2. The molecule has 0 amide bonds. The van der Waals surface area contributed by atoms with Gasteiger partial charge in [-0.2, -0.15) is 0 Å². The van der Waals surface area contributed by atoms with E-state index in [0.717, 1.165) is 38.1 Å². The van der Waals surface area contributed by atoms with Gasteiger partial charge in [0.25, 0.3) is 0 Å². The van der Waals surface area contributed by atoms with Crippen molar-refractivity contribution in [2.45, 2.75) is 39.2 Å². The molecule has 1 aliphatic rings. The van der Waals surface area contributed by atoms with Crippen LogP contribution in [0.3, 0.4) is 0 Å². The topological polar surface area (TPSA) is 21.3 Å². The molecule has 1 aliphatic heterocycles. The van der Waals surface area contributed by atoms with Gasteiger partial charge < -0.3 is 10.1 Å². The van der Waals surface area contributed by atoms with Crippen LogP contribution in [0.4, 0.5) is 8.78 Å². The van der Waals surface area contributed by atoms with E-state index in [2.05, 4.69) is 19.2 Å². The van der Waals surface area contributed by atoms with Crippen molar-refractivity contribution in [3.05, 3.63) is 35.4 Å². The van der Waals surface area contributed by atoms with Gasteiger partial charge >= 0.3 is 0 Å². The van der Waals surface area contributed by atoms with Crippen LogP contribution in [-0.4, -0.2) is 25.8 Å². The third-order valence-corrected chi connectivity index (χ3v) is 4.27. The monoisotopic (exact) mass is 283 g/mol. The summed E-state index contributed by atoms with van der Waals surface area (Å²) >= 11 is 0. The van der Waals surface area contributed by atoms with Gasteiger partial charge in [-0.05, 0) is 50.4 Å². The second-order valence-electron chi connectivity index (χ2n) is 5.73. The maximum Gasteiger partial charge on any atom is 0.159 e. The van der Waals surface area contributed by atoms with E-state index in [1.54, 1.807) is 6.07 Å². The van der Waals surface area contributed by atoms with E-state index in [0.29, 0.717) is 6.42 Å². The average molecular weight is 283 g/mol. The van der Waals surface area contributed by atoms with Crippen molar-refractivity contribution in [3.63, 3.8) is 0 Å². The highest BCUT2D eigenvalue weighted by Gasteiger charge is 2.41. The van der Waals surface area contributed by atoms with Gasteiger partial charge in [-0.1, -0.05) is 13.0 Å². The van der Waals surface area contributed by atoms with Gasteiger partial charge in [-0.15, -0.1) is 0 Å². The van der Waals surface area contributed by atoms with Gasteiger partial charge in [0.05, 0.1) is 6.10 Å². The Balaban J connectivity index is 2.12. The van der Waals surface area contributed by atoms with E-state index >= 15 is 0 Å². The molecule has 1 aromatic rings. The Bertz CT molecular complexity index is 452. The van der Waals surface area contributed by atoms with E-state index in [1.807, 2.05) is 0 Å². The number of nitrogens with one attached hydrogen (secondary N) is 1. The molecule has 112 valence electrons. The summed E-state index contributed by atoms with van der Waals surface area (Å²) in [5, 5.41) is 3.45. The molecule has 2 atom stereocenters. The van der Waals surface area contributed by atoms with E-state index in [4.69, 9.17) is 4.74 Å². The Morgan fingerprint density at radius 1 is 1.35 bits per heavy atom. The van der Waals surface area contributed by atoms with Crippen LogP contribution in [0.1, 0.15) is 32.3 Å². The highest BCUT2D eigenvalue weighted by atomic mass is 19.2. The predicted molar refractivity (Wildman–Crippen MR) is 75.7 cm³/mol. The van der Waals surface area contributed by atoms with Gasteiger partial charge in [0.15, 0.2) is 11.6 Å². The van der Waals surface area contributed by atoms with Gasteiger partial charge in [0.1, 0.15) is 0 Å². The minimum atomic E-state index is -0.789. The van der Waals surface area contributed by atoms with Gasteiger partial charge in [0.2, 0.25) is 0 Å². The molecule has 4 heteroatoms. The van der Waals surface area contributed by atoms with Crippen molar-refractivity contribution >= 4 is 0 Å². The molecule has 1 aromatic carbocycles. The molecule has 1 N–H and O–H groups in total. The summed E-state index contributed by atoms with van der Waals surface area (Å²) in [6.45, 7) is 6.75. The minimum absolute atomic E-state index is 0.0283. The summed E-state index contributed by atoms with van der Waals surface area (Å²) in [5.74, 6) is -1.56. The molecule has 2 nitrogen and oxygen atoms in total. The second-order valence-corrected chi connectivity index (χ2v) is 5.73. The lowest BCUT2D eigenvalue weighted by atomic mass is 9.76. The number of benzene rings is 1. The Morgan fingerprint density at radius 3 is 2.75 bits per heavy atom. The molecule has 2 unspecified atom stereocenters. The fourth-order valence-electron chi connectivity index (χ4n) is 2.92. The standard InChI is InChI=1S/C16H23F2NO/c1-3-7-19-11-16(6-8-20-12(16)2)10-13-4-5-14(17)15(18)9-13/h4-5,9,12,19H,3,6-8,10-11H2,1-2H3. The molecule has 1 fully saturated rings. The quantitative estimate of drug-likeness (QED) is 0.809. The Hall–Kier alpha value is -1.00. The molecular formula is C16H23F2NO. The molecule has 2 rings (SSSR count). The first-order chi connectivity index (χ1) is 9.57. The molecule has 0 bridgehead atoms. The van der Waals surface area contributed by atoms with Gasteiger partial charge in [-0.25, -0.2) is 8.78 Å². The third-order valence-electron chi connectivity index (χ3n) is 4.27. The molecular weight excluding hydrogens is 260 g/mol. The Morgan fingerprint density at radius 2 is 2.15 bits per heavy atom. The number of hydrogen-bond acceptors (Lipinski definition) is 2. The first kappa shape index (κ1) is 15.4. The van der Waals surface area contributed by atoms with Gasteiger partial charge in [0, 0.05) is 18.6 Å². The summed E-state index contributed by atoms with van der Waals surface area (Å²) in [7, 11) is 0. The normalized spacial score (nSPS) is 26.1. The zero-order chi connectivity index (χ0) is 14.6. The maximum atomic E-state index is 13.4. The van der Waals surface area contributed by atoms with Crippen LogP contribution < -0.4 is 5.32 Å². The van der Waals surface area contributed by atoms with E-state index < -0.39 is 11.6 Å². The summed E-state index contributed by atoms with van der Waals surface area (Å²) in [6.07, 6.45) is 2.86. The molecule has 0 spiro atoms. The van der Waals surface area contributed by atoms with Crippen LogP contribution in [0.15, 0.2) is 18.2 Å². The van der Waals surface area contributed by atoms with Crippen molar-refractivity contribution in [1.82, 2.24) is 5.32 Å². The van der Waals surface area contributed by atoms with Crippen molar-refractivity contribution in [1.29, 1.82) is 0 Å².